The molecule has 0 unspecified atom stereocenters. The third-order valence-corrected chi connectivity index (χ3v) is 4.62. The molecule has 2 aromatic rings. The summed E-state index contributed by atoms with van der Waals surface area (Å²) in [4.78, 5) is 2.33. The van der Waals surface area contributed by atoms with E-state index in [-0.39, 0.29) is 11.6 Å². The number of rotatable bonds is 4. The van der Waals surface area contributed by atoms with Crippen molar-refractivity contribution < 1.29 is 14.2 Å². The van der Waals surface area contributed by atoms with Crippen LogP contribution in [-0.4, -0.2) is 30.2 Å². The first-order valence-corrected chi connectivity index (χ1v) is 7.98. The molecule has 3 nitrogen and oxygen atoms in total. The average Bonchev–Trinajstić information content (AvgIpc) is 3.00. The van der Waals surface area contributed by atoms with Crippen LogP contribution >= 0.6 is 11.6 Å². The molecule has 0 aromatic heterocycles. The van der Waals surface area contributed by atoms with Gasteiger partial charge in [-0.05, 0) is 54.3 Å². The van der Waals surface area contributed by atoms with Gasteiger partial charge in [-0.3, -0.25) is 4.90 Å². The molecule has 0 saturated carbocycles. The van der Waals surface area contributed by atoms with Crippen molar-refractivity contribution in [2.75, 3.05) is 20.2 Å². The molecule has 3 rings (SSSR count). The van der Waals surface area contributed by atoms with E-state index in [1.807, 2.05) is 18.2 Å². The summed E-state index contributed by atoms with van der Waals surface area (Å²) < 4.78 is 18.2. The molecule has 1 aliphatic rings. The summed E-state index contributed by atoms with van der Waals surface area (Å²) >= 11 is 6.04. The molecule has 1 heterocycles. The predicted octanol–water partition coefficient (Wildman–Crippen LogP) is 4.18. The molecule has 1 fully saturated rings. The van der Waals surface area contributed by atoms with E-state index >= 15 is 0 Å². The van der Waals surface area contributed by atoms with Crippen molar-refractivity contribution in [1.82, 2.24) is 4.90 Å². The fourth-order valence-corrected chi connectivity index (χ4v) is 3.35. The molecule has 23 heavy (non-hydrogen) atoms. The summed E-state index contributed by atoms with van der Waals surface area (Å²) in [6.07, 6.45) is 1.05. The van der Waals surface area contributed by atoms with Crippen LogP contribution in [0.5, 0.6) is 11.5 Å². The normalized spacial score (nSPS) is 18.3. The molecule has 1 N–H and O–H groups in total. The van der Waals surface area contributed by atoms with Crippen molar-refractivity contribution in [2.45, 2.75) is 18.9 Å². The second kappa shape index (κ2) is 6.77. The van der Waals surface area contributed by atoms with Crippen LogP contribution in [0, 0.1) is 5.82 Å². The van der Waals surface area contributed by atoms with Crippen molar-refractivity contribution in [3.05, 3.63) is 58.4 Å². The van der Waals surface area contributed by atoms with E-state index in [1.54, 1.807) is 6.07 Å². The lowest BCUT2D eigenvalue weighted by atomic mass is 9.99. The zero-order valence-corrected chi connectivity index (χ0v) is 13.7. The van der Waals surface area contributed by atoms with E-state index in [2.05, 4.69) is 4.90 Å². The van der Waals surface area contributed by atoms with Gasteiger partial charge in [-0.2, -0.15) is 0 Å². The maximum atomic E-state index is 13.0. The summed E-state index contributed by atoms with van der Waals surface area (Å²) in [6, 6.07) is 10.3. The monoisotopic (exact) mass is 335 g/mol. The Balaban J connectivity index is 1.68. The minimum absolute atomic E-state index is 0.0245. The molecule has 0 spiro atoms. The number of hydrogen-bond donors (Lipinski definition) is 1. The number of ether oxygens (including phenoxy) is 1. The van der Waals surface area contributed by atoms with Crippen LogP contribution < -0.4 is 4.74 Å². The number of nitrogens with zero attached hydrogens (tertiary/aromatic N) is 1. The SMILES string of the molecule is COc1cc(CN2CC[C@H](c3ccc(F)cc3)C2)cc(Cl)c1O. The predicted molar refractivity (Wildman–Crippen MR) is 88.7 cm³/mol. The number of phenols is 1. The molecule has 1 atom stereocenters. The minimum Gasteiger partial charge on any atom is -0.503 e. The topological polar surface area (TPSA) is 32.7 Å². The first-order valence-electron chi connectivity index (χ1n) is 7.60. The van der Waals surface area contributed by atoms with E-state index in [4.69, 9.17) is 16.3 Å². The molecule has 5 heteroatoms. The molecule has 1 aliphatic heterocycles. The Morgan fingerprint density at radius 1 is 1.30 bits per heavy atom. The Labute approximate surface area is 140 Å². The summed E-state index contributed by atoms with van der Waals surface area (Å²) in [5, 5.41) is 10.1. The quantitative estimate of drug-likeness (QED) is 0.909. The van der Waals surface area contributed by atoms with Crippen LogP contribution in [-0.2, 0) is 6.54 Å². The summed E-state index contributed by atoms with van der Waals surface area (Å²) in [6.45, 7) is 2.64. The number of aromatic hydroxyl groups is 1. The minimum atomic E-state index is -0.200. The highest BCUT2D eigenvalue weighted by Crippen LogP contribution is 2.36. The highest BCUT2D eigenvalue weighted by atomic mass is 35.5. The van der Waals surface area contributed by atoms with Crippen molar-refractivity contribution >= 4 is 11.6 Å². The molecule has 0 bridgehead atoms. The lowest BCUT2D eigenvalue weighted by Crippen LogP contribution is -2.19. The molecule has 122 valence electrons. The molecule has 0 aliphatic carbocycles. The van der Waals surface area contributed by atoms with Gasteiger partial charge >= 0.3 is 0 Å². The van der Waals surface area contributed by atoms with Gasteiger partial charge in [0.05, 0.1) is 12.1 Å². The zero-order chi connectivity index (χ0) is 16.4. The van der Waals surface area contributed by atoms with E-state index < -0.39 is 0 Å². The summed E-state index contributed by atoms with van der Waals surface area (Å²) in [7, 11) is 1.51. The third-order valence-electron chi connectivity index (χ3n) is 4.33. The number of benzene rings is 2. The van der Waals surface area contributed by atoms with Crippen molar-refractivity contribution in [3.63, 3.8) is 0 Å². The molecule has 2 aromatic carbocycles. The lowest BCUT2D eigenvalue weighted by Gasteiger charge is -2.17. The second-order valence-electron chi connectivity index (χ2n) is 5.90. The maximum absolute atomic E-state index is 13.0. The number of likely N-dealkylation sites (tertiary alicyclic amines) is 1. The van der Waals surface area contributed by atoms with Gasteiger partial charge in [0.2, 0.25) is 0 Å². The van der Waals surface area contributed by atoms with E-state index in [0.29, 0.717) is 16.7 Å². The Bertz CT molecular complexity index is 690. The largest absolute Gasteiger partial charge is 0.503 e. The van der Waals surface area contributed by atoms with E-state index in [1.165, 1.54) is 24.8 Å². The van der Waals surface area contributed by atoms with Crippen LogP contribution in [0.3, 0.4) is 0 Å². The van der Waals surface area contributed by atoms with Crippen LogP contribution in [0.2, 0.25) is 5.02 Å². The van der Waals surface area contributed by atoms with Crippen molar-refractivity contribution in [1.29, 1.82) is 0 Å². The maximum Gasteiger partial charge on any atom is 0.176 e. The zero-order valence-electron chi connectivity index (χ0n) is 12.9. The van der Waals surface area contributed by atoms with Gasteiger partial charge in [0.25, 0.3) is 0 Å². The molecule has 0 radical (unpaired) electrons. The van der Waals surface area contributed by atoms with Crippen LogP contribution in [0.25, 0.3) is 0 Å². The van der Waals surface area contributed by atoms with Crippen LogP contribution in [0.1, 0.15) is 23.5 Å². The first kappa shape index (κ1) is 16.1. The fourth-order valence-electron chi connectivity index (χ4n) is 3.12. The standard InChI is InChI=1S/C18H19ClFNO2/c1-23-17-9-12(8-16(19)18(17)22)10-21-7-6-14(11-21)13-2-4-15(20)5-3-13/h2-5,8-9,14,22H,6-7,10-11H2,1H3/t14-/m0/s1. The van der Waals surface area contributed by atoms with Gasteiger partial charge in [-0.25, -0.2) is 4.39 Å². The molecule has 1 saturated heterocycles. The average molecular weight is 336 g/mol. The van der Waals surface area contributed by atoms with Gasteiger partial charge in [0.15, 0.2) is 11.5 Å². The Hall–Kier alpha value is -1.78. The summed E-state index contributed by atoms with van der Waals surface area (Å²) in [5.74, 6) is 0.588. The lowest BCUT2D eigenvalue weighted by molar-refractivity contribution is 0.324. The number of hydrogen-bond acceptors (Lipinski definition) is 3. The van der Waals surface area contributed by atoms with E-state index in [0.717, 1.165) is 31.6 Å². The van der Waals surface area contributed by atoms with Crippen molar-refractivity contribution in [3.8, 4) is 11.5 Å². The number of methoxy groups -OCH3 is 1. The van der Waals surface area contributed by atoms with Crippen LogP contribution in [0.15, 0.2) is 36.4 Å². The number of halogens is 2. The van der Waals surface area contributed by atoms with Gasteiger partial charge in [-0.1, -0.05) is 23.7 Å². The second-order valence-corrected chi connectivity index (χ2v) is 6.31. The third kappa shape index (κ3) is 3.59. The van der Waals surface area contributed by atoms with Gasteiger partial charge in [0.1, 0.15) is 5.82 Å². The Kier molecular flexibility index (Phi) is 4.74. The Morgan fingerprint density at radius 2 is 2.04 bits per heavy atom. The van der Waals surface area contributed by atoms with Gasteiger partial charge in [-0.15, -0.1) is 0 Å². The first-order chi connectivity index (χ1) is 11.1. The van der Waals surface area contributed by atoms with Gasteiger partial charge in [0, 0.05) is 13.1 Å². The van der Waals surface area contributed by atoms with Gasteiger partial charge < -0.3 is 9.84 Å². The summed E-state index contributed by atoms with van der Waals surface area (Å²) in [5.41, 5.74) is 2.18. The van der Waals surface area contributed by atoms with Crippen molar-refractivity contribution in [2.24, 2.45) is 0 Å². The number of phenolic OH excluding ortho intramolecular Hbond substituents is 1. The molecular formula is C18H19ClFNO2. The fraction of sp³-hybridized carbons (Fsp3) is 0.333. The van der Waals surface area contributed by atoms with E-state index in [9.17, 15) is 9.50 Å². The Morgan fingerprint density at radius 3 is 2.74 bits per heavy atom. The molecule has 0 amide bonds. The highest BCUT2D eigenvalue weighted by Gasteiger charge is 2.24. The molecular weight excluding hydrogens is 317 g/mol. The highest BCUT2D eigenvalue weighted by molar-refractivity contribution is 6.32. The smallest absolute Gasteiger partial charge is 0.176 e. The van der Waals surface area contributed by atoms with Crippen LogP contribution in [0.4, 0.5) is 4.39 Å².